The van der Waals surface area contributed by atoms with Crippen LogP contribution in [0.3, 0.4) is 0 Å². The minimum Gasteiger partial charge on any atom is -0.469 e. The van der Waals surface area contributed by atoms with Crippen LogP contribution in [-0.4, -0.2) is 31.9 Å². The molecular formula is C25H20O5S3. The molecule has 3 heterocycles. The number of rotatable bonds is 8. The molecule has 0 fully saturated rings. The third kappa shape index (κ3) is 5.13. The van der Waals surface area contributed by atoms with E-state index >= 15 is 0 Å². The summed E-state index contributed by atoms with van der Waals surface area (Å²) in [4.78, 5) is 41.3. The van der Waals surface area contributed by atoms with Gasteiger partial charge in [0.15, 0.2) is 0 Å². The Hall–Kier alpha value is -3.07. The van der Waals surface area contributed by atoms with Crippen molar-refractivity contribution in [2.45, 2.75) is 12.8 Å². The van der Waals surface area contributed by atoms with E-state index < -0.39 is 0 Å². The summed E-state index contributed by atoms with van der Waals surface area (Å²) in [5, 5.41) is 1.96. The lowest BCUT2D eigenvalue weighted by Crippen LogP contribution is -2.04. The van der Waals surface area contributed by atoms with Crippen molar-refractivity contribution in [1.82, 2.24) is 0 Å². The van der Waals surface area contributed by atoms with E-state index in [9.17, 15) is 14.4 Å². The third-order valence-corrected chi connectivity index (χ3v) is 8.57. The van der Waals surface area contributed by atoms with Crippen molar-refractivity contribution in [2.24, 2.45) is 0 Å². The summed E-state index contributed by atoms with van der Waals surface area (Å²) in [6.45, 7) is 0. The molecule has 0 aliphatic rings. The van der Waals surface area contributed by atoms with Gasteiger partial charge in [0.05, 0.1) is 31.9 Å². The molecule has 0 bridgehead atoms. The first-order valence-corrected chi connectivity index (χ1v) is 12.5. The van der Waals surface area contributed by atoms with Crippen LogP contribution in [-0.2, 0) is 31.9 Å². The normalized spacial score (nSPS) is 10.7. The number of hydrogen-bond acceptors (Lipinski definition) is 8. The first kappa shape index (κ1) is 23.1. The topological polar surface area (TPSA) is 69.7 Å². The number of thiophene rings is 3. The Morgan fingerprint density at radius 1 is 0.758 bits per heavy atom. The average molecular weight is 497 g/mol. The van der Waals surface area contributed by atoms with Gasteiger partial charge in [0.25, 0.3) is 0 Å². The molecule has 0 aliphatic heterocycles. The quantitative estimate of drug-likeness (QED) is 0.225. The molecule has 0 radical (unpaired) electrons. The lowest BCUT2D eigenvalue weighted by Gasteiger charge is -2.02. The van der Waals surface area contributed by atoms with E-state index in [1.54, 1.807) is 40.9 Å². The molecule has 0 N–H and O–H groups in total. The molecule has 3 aromatic heterocycles. The van der Waals surface area contributed by atoms with Crippen LogP contribution in [0.4, 0.5) is 0 Å². The zero-order valence-corrected chi connectivity index (χ0v) is 20.4. The van der Waals surface area contributed by atoms with Crippen molar-refractivity contribution >= 4 is 51.7 Å². The molecule has 4 rings (SSSR count). The summed E-state index contributed by atoms with van der Waals surface area (Å²) in [5.74, 6) is -0.717. The average Bonchev–Trinajstić information content (AvgIpc) is 3.58. The Bertz CT molecular complexity index is 1300. The highest BCUT2D eigenvalue weighted by molar-refractivity contribution is 7.26. The van der Waals surface area contributed by atoms with Gasteiger partial charge in [-0.25, -0.2) is 0 Å². The molecule has 0 unspecified atom stereocenters. The zero-order chi connectivity index (χ0) is 23.4. The SMILES string of the molecule is COC(=O)Cc1ccsc1-c1ccc(-c2sc(C(=O)c3ccccc3)cc2CC(=O)OC)s1. The summed E-state index contributed by atoms with van der Waals surface area (Å²) in [5.41, 5.74) is 2.29. The number of methoxy groups -OCH3 is 2. The fourth-order valence-corrected chi connectivity index (χ4v) is 6.72. The monoisotopic (exact) mass is 496 g/mol. The van der Waals surface area contributed by atoms with E-state index in [1.165, 1.54) is 25.6 Å². The van der Waals surface area contributed by atoms with Crippen molar-refractivity contribution in [3.63, 3.8) is 0 Å². The third-order valence-electron chi connectivity index (χ3n) is 4.99. The van der Waals surface area contributed by atoms with Gasteiger partial charge in [-0.15, -0.1) is 34.0 Å². The smallest absolute Gasteiger partial charge is 0.310 e. The lowest BCUT2D eigenvalue weighted by molar-refractivity contribution is -0.140. The predicted molar refractivity (Wildman–Crippen MR) is 132 cm³/mol. The van der Waals surface area contributed by atoms with E-state index in [1.807, 2.05) is 41.8 Å². The van der Waals surface area contributed by atoms with Gasteiger partial charge in [0.2, 0.25) is 5.78 Å². The van der Waals surface area contributed by atoms with Crippen LogP contribution < -0.4 is 0 Å². The standard InChI is InChI=1S/C25H20O5S3/c1-29-21(26)13-16-10-11-31-24(16)18-8-9-19(32-18)25-17(14-22(27)30-2)12-20(33-25)23(28)15-6-4-3-5-7-15/h3-12H,13-14H2,1-2H3. The largest absolute Gasteiger partial charge is 0.469 e. The summed E-state index contributed by atoms with van der Waals surface area (Å²) in [6.07, 6.45) is 0.301. The van der Waals surface area contributed by atoms with Crippen molar-refractivity contribution in [3.05, 3.63) is 81.5 Å². The molecule has 33 heavy (non-hydrogen) atoms. The van der Waals surface area contributed by atoms with Crippen LogP contribution in [0, 0.1) is 0 Å². The van der Waals surface area contributed by atoms with Crippen LogP contribution in [0.5, 0.6) is 0 Å². The first-order valence-electron chi connectivity index (χ1n) is 10.0. The fraction of sp³-hybridized carbons (Fsp3) is 0.160. The highest BCUT2D eigenvalue weighted by atomic mass is 32.1. The minimum absolute atomic E-state index is 0.0756. The molecule has 0 atom stereocenters. The molecule has 168 valence electrons. The van der Waals surface area contributed by atoms with Gasteiger partial charge < -0.3 is 9.47 Å². The van der Waals surface area contributed by atoms with E-state index in [0.29, 0.717) is 10.4 Å². The highest BCUT2D eigenvalue weighted by Gasteiger charge is 2.21. The summed E-state index contributed by atoms with van der Waals surface area (Å²) < 4.78 is 9.68. The number of hydrogen-bond donors (Lipinski definition) is 0. The van der Waals surface area contributed by atoms with Gasteiger partial charge in [-0.3, -0.25) is 14.4 Å². The Morgan fingerprint density at radius 3 is 2.06 bits per heavy atom. The van der Waals surface area contributed by atoms with Crippen molar-refractivity contribution in [1.29, 1.82) is 0 Å². The maximum atomic E-state index is 13.0. The Balaban J connectivity index is 1.70. The van der Waals surface area contributed by atoms with Gasteiger partial charge in [-0.2, -0.15) is 0 Å². The molecule has 5 nitrogen and oxygen atoms in total. The van der Waals surface area contributed by atoms with E-state index in [0.717, 1.165) is 30.6 Å². The Labute approximate surface area is 203 Å². The molecule has 1 aromatic carbocycles. The minimum atomic E-state index is -0.358. The Morgan fingerprint density at radius 2 is 1.39 bits per heavy atom. The molecule has 0 saturated heterocycles. The van der Waals surface area contributed by atoms with Crippen molar-refractivity contribution in [2.75, 3.05) is 14.2 Å². The number of carbonyl (C=O) groups excluding carboxylic acids is 3. The van der Waals surface area contributed by atoms with Crippen LogP contribution in [0.25, 0.3) is 19.5 Å². The lowest BCUT2D eigenvalue weighted by atomic mass is 10.1. The van der Waals surface area contributed by atoms with E-state index in [-0.39, 0.29) is 30.6 Å². The zero-order valence-electron chi connectivity index (χ0n) is 18.0. The molecule has 4 aromatic rings. The second-order valence-corrected chi connectivity index (χ2v) is 10.2. The maximum Gasteiger partial charge on any atom is 0.310 e. The van der Waals surface area contributed by atoms with Gasteiger partial charge >= 0.3 is 11.9 Å². The molecule has 0 saturated carbocycles. The second-order valence-electron chi connectivity index (χ2n) is 7.10. The predicted octanol–water partition coefficient (Wildman–Crippen LogP) is 5.87. The van der Waals surface area contributed by atoms with Crippen LogP contribution >= 0.6 is 34.0 Å². The fourth-order valence-electron chi connectivity index (χ4n) is 3.34. The summed E-state index contributed by atoms with van der Waals surface area (Å²) >= 11 is 4.51. The van der Waals surface area contributed by atoms with Gasteiger partial charge in [0.1, 0.15) is 0 Å². The number of esters is 2. The summed E-state index contributed by atoms with van der Waals surface area (Å²) in [6, 6.07) is 16.8. The van der Waals surface area contributed by atoms with E-state index in [2.05, 4.69) is 0 Å². The number of ether oxygens (including phenoxy) is 2. The van der Waals surface area contributed by atoms with E-state index in [4.69, 9.17) is 9.47 Å². The summed E-state index contributed by atoms with van der Waals surface area (Å²) in [7, 11) is 2.73. The van der Waals surface area contributed by atoms with Crippen LogP contribution in [0.1, 0.15) is 26.4 Å². The molecule has 0 amide bonds. The van der Waals surface area contributed by atoms with Gasteiger partial charge in [-0.1, -0.05) is 30.3 Å². The van der Waals surface area contributed by atoms with Crippen molar-refractivity contribution in [3.8, 4) is 19.5 Å². The van der Waals surface area contributed by atoms with Gasteiger partial charge in [-0.05, 0) is 40.8 Å². The number of benzene rings is 1. The number of ketones is 1. The molecule has 0 spiro atoms. The van der Waals surface area contributed by atoms with Gasteiger partial charge in [0, 0.05) is 25.1 Å². The molecule has 0 aliphatic carbocycles. The maximum absolute atomic E-state index is 13.0. The Kier molecular flexibility index (Phi) is 7.17. The van der Waals surface area contributed by atoms with Crippen LogP contribution in [0.15, 0.2) is 60.0 Å². The number of carbonyl (C=O) groups is 3. The second kappa shape index (κ2) is 10.2. The molecule has 8 heteroatoms. The van der Waals surface area contributed by atoms with Crippen LogP contribution in [0.2, 0.25) is 0 Å². The first-order chi connectivity index (χ1) is 16.0. The highest BCUT2D eigenvalue weighted by Crippen LogP contribution is 2.43. The van der Waals surface area contributed by atoms with Crippen molar-refractivity contribution < 1.29 is 23.9 Å². The molecular weight excluding hydrogens is 476 g/mol.